The van der Waals surface area contributed by atoms with Crippen LogP contribution in [0.2, 0.25) is 20.1 Å². The van der Waals surface area contributed by atoms with E-state index in [4.69, 9.17) is 46.4 Å². The van der Waals surface area contributed by atoms with E-state index in [-0.39, 0.29) is 30.8 Å². The Morgan fingerprint density at radius 2 is 1.63 bits per heavy atom. The lowest BCUT2D eigenvalue weighted by atomic mass is 10.1. The summed E-state index contributed by atoms with van der Waals surface area (Å²) in [6.45, 7) is 5.67. The first kappa shape index (κ1) is 24.8. The number of carbonyl (C=O) groups is 2. The summed E-state index contributed by atoms with van der Waals surface area (Å²) in [5.74, 6) is -0.523. The minimum Gasteiger partial charge on any atom is -0.352 e. The molecule has 1 N–H and O–H groups in total. The molecule has 0 aliphatic rings. The highest BCUT2D eigenvalue weighted by Crippen LogP contribution is 2.28. The molecule has 0 bridgehead atoms. The van der Waals surface area contributed by atoms with Crippen LogP contribution in [0.3, 0.4) is 0 Å². The highest BCUT2D eigenvalue weighted by molar-refractivity contribution is 6.36. The molecule has 8 heteroatoms. The van der Waals surface area contributed by atoms with E-state index < -0.39 is 6.04 Å². The van der Waals surface area contributed by atoms with Gasteiger partial charge in [0.05, 0.1) is 6.42 Å². The number of amides is 2. The van der Waals surface area contributed by atoms with Gasteiger partial charge in [-0.3, -0.25) is 9.59 Å². The predicted molar refractivity (Wildman–Crippen MR) is 125 cm³/mol. The molecule has 2 aromatic carbocycles. The van der Waals surface area contributed by atoms with E-state index in [1.165, 1.54) is 4.90 Å². The first-order valence-corrected chi connectivity index (χ1v) is 11.1. The van der Waals surface area contributed by atoms with Crippen LogP contribution in [0.1, 0.15) is 38.3 Å². The topological polar surface area (TPSA) is 49.4 Å². The molecule has 0 aliphatic heterocycles. The van der Waals surface area contributed by atoms with Crippen molar-refractivity contribution in [1.29, 1.82) is 0 Å². The third-order valence-electron chi connectivity index (χ3n) is 4.92. The van der Waals surface area contributed by atoms with Crippen LogP contribution in [-0.4, -0.2) is 28.8 Å². The van der Waals surface area contributed by atoms with E-state index in [9.17, 15) is 9.59 Å². The van der Waals surface area contributed by atoms with Crippen LogP contribution in [0.4, 0.5) is 0 Å². The summed E-state index contributed by atoms with van der Waals surface area (Å²) < 4.78 is 0. The number of hydrogen-bond acceptors (Lipinski definition) is 2. The lowest BCUT2D eigenvalue weighted by molar-refractivity contribution is -0.140. The van der Waals surface area contributed by atoms with Crippen LogP contribution in [0.5, 0.6) is 0 Å². The SMILES string of the molecule is CC[C@@H](C)NC(=O)[C@H](C)N(Cc1c(Cl)cccc1Cl)C(=O)Cc1ccc(Cl)cc1Cl. The maximum Gasteiger partial charge on any atom is 0.242 e. The summed E-state index contributed by atoms with van der Waals surface area (Å²) in [6.07, 6.45) is 0.794. The van der Waals surface area contributed by atoms with Crippen LogP contribution in [0.25, 0.3) is 0 Å². The Morgan fingerprint density at radius 3 is 2.20 bits per heavy atom. The van der Waals surface area contributed by atoms with Gasteiger partial charge in [0.1, 0.15) is 6.04 Å². The van der Waals surface area contributed by atoms with E-state index in [2.05, 4.69) is 5.32 Å². The van der Waals surface area contributed by atoms with Crippen molar-refractivity contribution in [2.45, 2.75) is 52.2 Å². The highest BCUT2D eigenvalue weighted by atomic mass is 35.5. The number of nitrogens with one attached hydrogen (secondary N) is 1. The quantitative estimate of drug-likeness (QED) is 0.481. The maximum absolute atomic E-state index is 13.2. The zero-order valence-electron chi connectivity index (χ0n) is 17.0. The molecule has 0 saturated carbocycles. The lowest BCUT2D eigenvalue weighted by Crippen LogP contribution is -2.50. The molecule has 0 heterocycles. The van der Waals surface area contributed by atoms with Gasteiger partial charge in [-0.05, 0) is 50.1 Å². The minimum absolute atomic E-state index is 0.00786. The van der Waals surface area contributed by atoms with Crippen molar-refractivity contribution >= 4 is 58.2 Å². The van der Waals surface area contributed by atoms with Crippen molar-refractivity contribution in [3.63, 3.8) is 0 Å². The number of halogens is 4. The molecule has 0 aromatic heterocycles. The lowest BCUT2D eigenvalue weighted by Gasteiger charge is -2.30. The fourth-order valence-electron chi connectivity index (χ4n) is 2.83. The van der Waals surface area contributed by atoms with E-state index in [1.807, 2.05) is 13.8 Å². The van der Waals surface area contributed by atoms with Crippen molar-refractivity contribution < 1.29 is 9.59 Å². The molecule has 4 nitrogen and oxygen atoms in total. The molecule has 0 unspecified atom stereocenters. The number of hydrogen-bond donors (Lipinski definition) is 1. The molecular formula is C22H24Cl4N2O2. The molecular weight excluding hydrogens is 466 g/mol. The van der Waals surface area contributed by atoms with Gasteiger partial charge in [0.2, 0.25) is 11.8 Å². The van der Waals surface area contributed by atoms with Crippen LogP contribution in [-0.2, 0) is 22.6 Å². The Hall–Kier alpha value is -1.46. The van der Waals surface area contributed by atoms with Gasteiger partial charge in [-0.25, -0.2) is 0 Å². The van der Waals surface area contributed by atoms with E-state index in [1.54, 1.807) is 43.3 Å². The Labute approximate surface area is 197 Å². The van der Waals surface area contributed by atoms with Gasteiger partial charge < -0.3 is 10.2 Å². The Morgan fingerprint density at radius 1 is 1.00 bits per heavy atom. The largest absolute Gasteiger partial charge is 0.352 e. The van der Waals surface area contributed by atoms with Gasteiger partial charge in [0.25, 0.3) is 0 Å². The maximum atomic E-state index is 13.2. The number of rotatable bonds is 8. The zero-order chi connectivity index (χ0) is 22.4. The summed E-state index contributed by atoms with van der Waals surface area (Å²) >= 11 is 24.8. The molecule has 2 amide bonds. The van der Waals surface area contributed by atoms with Crippen molar-refractivity contribution in [3.05, 3.63) is 67.6 Å². The fourth-order valence-corrected chi connectivity index (χ4v) is 3.82. The highest BCUT2D eigenvalue weighted by Gasteiger charge is 2.28. The number of benzene rings is 2. The zero-order valence-corrected chi connectivity index (χ0v) is 20.0. The molecule has 162 valence electrons. The molecule has 2 aromatic rings. The molecule has 2 atom stereocenters. The van der Waals surface area contributed by atoms with Gasteiger partial charge in [0.15, 0.2) is 0 Å². The van der Waals surface area contributed by atoms with E-state index >= 15 is 0 Å². The fraction of sp³-hybridized carbons (Fsp3) is 0.364. The molecule has 0 radical (unpaired) electrons. The first-order chi connectivity index (χ1) is 14.1. The van der Waals surface area contributed by atoms with Crippen LogP contribution in [0, 0.1) is 0 Å². The third-order valence-corrected chi connectivity index (χ3v) is 6.21. The van der Waals surface area contributed by atoms with Crippen molar-refractivity contribution in [3.8, 4) is 0 Å². The molecule has 0 spiro atoms. The van der Waals surface area contributed by atoms with Crippen LogP contribution < -0.4 is 5.32 Å². The normalized spacial score (nSPS) is 12.9. The smallest absolute Gasteiger partial charge is 0.242 e. The Bertz CT molecular complexity index is 900. The summed E-state index contributed by atoms with van der Waals surface area (Å²) in [5.41, 5.74) is 1.20. The standard InChI is InChI=1S/C22H24Cl4N2O2/c1-4-13(2)27-22(30)14(3)28(12-17-18(24)6-5-7-19(17)25)21(29)10-15-8-9-16(23)11-20(15)26/h5-9,11,13-14H,4,10,12H2,1-3H3,(H,27,30)/t13-,14+/m1/s1. The molecule has 0 saturated heterocycles. The number of carbonyl (C=O) groups excluding carboxylic acids is 2. The van der Waals surface area contributed by atoms with Gasteiger partial charge in [-0.1, -0.05) is 65.5 Å². The average Bonchev–Trinajstić information content (AvgIpc) is 2.69. The van der Waals surface area contributed by atoms with Gasteiger partial charge >= 0.3 is 0 Å². The second kappa shape index (κ2) is 11.2. The number of nitrogens with zero attached hydrogens (tertiary/aromatic N) is 1. The monoisotopic (exact) mass is 488 g/mol. The third kappa shape index (κ3) is 6.52. The summed E-state index contributed by atoms with van der Waals surface area (Å²) in [6, 6.07) is 9.35. The Balaban J connectivity index is 2.34. The van der Waals surface area contributed by atoms with Gasteiger partial charge in [-0.2, -0.15) is 0 Å². The summed E-state index contributed by atoms with van der Waals surface area (Å²) in [7, 11) is 0. The predicted octanol–water partition coefficient (Wildman–Crippen LogP) is 6.17. The van der Waals surface area contributed by atoms with E-state index in [0.29, 0.717) is 31.2 Å². The van der Waals surface area contributed by atoms with Crippen molar-refractivity contribution in [2.24, 2.45) is 0 Å². The van der Waals surface area contributed by atoms with Gasteiger partial charge in [-0.15, -0.1) is 0 Å². The second-order valence-corrected chi connectivity index (χ2v) is 8.79. The summed E-state index contributed by atoms with van der Waals surface area (Å²) in [5, 5.41) is 4.66. The first-order valence-electron chi connectivity index (χ1n) is 9.60. The van der Waals surface area contributed by atoms with Crippen molar-refractivity contribution in [2.75, 3.05) is 0 Å². The molecule has 2 rings (SSSR count). The average molecular weight is 490 g/mol. The summed E-state index contributed by atoms with van der Waals surface area (Å²) in [4.78, 5) is 27.5. The Kier molecular flexibility index (Phi) is 9.30. The van der Waals surface area contributed by atoms with Crippen LogP contribution >= 0.6 is 46.4 Å². The van der Waals surface area contributed by atoms with Crippen LogP contribution in [0.15, 0.2) is 36.4 Å². The van der Waals surface area contributed by atoms with E-state index in [0.717, 1.165) is 6.42 Å². The molecule has 30 heavy (non-hydrogen) atoms. The van der Waals surface area contributed by atoms with Crippen molar-refractivity contribution in [1.82, 2.24) is 10.2 Å². The second-order valence-electron chi connectivity index (χ2n) is 7.13. The minimum atomic E-state index is -0.732. The van der Waals surface area contributed by atoms with Gasteiger partial charge in [0, 0.05) is 38.2 Å². The molecule has 0 aliphatic carbocycles. The molecule has 0 fully saturated rings.